The summed E-state index contributed by atoms with van der Waals surface area (Å²) in [4.78, 5) is 21.7. The molecule has 9 heteroatoms. The third kappa shape index (κ3) is 3.84. The molecule has 5 rings (SSSR count). The molecular weight excluding hydrogens is 428 g/mol. The monoisotopic (exact) mass is 455 g/mol. The lowest BCUT2D eigenvalue weighted by molar-refractivity contribution is 0.0599. The van der Waals surface area contributed by atoms with Crippen molar-refractivity contribution in [3.63, 3.8) is 0 Å². The summed E-state index contributed by atoms with van der Waals surface area (Å²) in [6.45, 7) is 5.18. The fourth-order valence-corrected chi connectivity index (χ4v) is 4.88. The van der Waals surface area contributed by atoms with Crippen molar-refractivity contribution in [3.8, 4) is 0 Å². The third-order valence-electron chi connectivity index (χ3n) is 6.70. The number of aromatic nitrogens is 3. The number of aryl methyl sites for hydroxylation is 2. The van der Waals surface area contributed by atoms with Crippen LogP contribution in [0.2, 0.25) is 0 Å². The molecule has 3 aromatic rings. The van der Waals surface area contributed by atoms with Crippen molar-refractivity contribution in [1.82, 2.24) is 19.5 Å². The summed E-state index contributed by atoms with van der Waals surface area (Å²) in [5, 5.41) is 14.6. The number of carbonyl (C=O) groups is 1. The molecule has 2 aliphatic rings. The molecule has 4 heterocycles. The van der Waals surface area contributed by atoms with E-state index >= 15 is 0 Å². The zero-order valence-corrected chi connectivity index (χ0v) is 18.8. The number of fused-ring (bicyclic) bond motifs is 1. The minimum absolute atomic E-state index is 0.169. The molecule has 0 saturated carbocycles. The number of carbonyl (C=O) groups excluding carboxylic acids is 1. The summed E-state index contributed by atoms with van der Waals surface area (Å²) in [5.41, 5.74) is 2.19. The maximum atomic E-state index is 14.6. The standard InChI is InChI=1S/C24H27F2N5O2/c1-14-6-7-17(22(26)21(14)25)24(33)30-9-4-3-5-19(30)18-11-20-27-23(15(2)12-31(20)28-18)29-10-8-16(32)13-29/h6-7,11-12,16,19,32H,3-5,8-10,13H2,1-2H3/t16-,19?/m1/s1. The number of aliphatic hydroxyl groups is 1. The summed E-state index contributed by atoms with van der Waals surface area (Å²) < 4.78 is 30.4. The topological polar surface area (TPSA) is 74.0 Å². The highest BCUT2D eigenvalue weighted by Crippen LogP contribution is 2.33. The van der Waals surface area contributed by atoms with Crippen LogP contribution in [0.4, 0.5) is 14.6 Å². The van der Waals surface area contributed by atoms with Gasteiger partial charge in [-0.15, -0.1) is 0 Å². The van der Waals surface area contributed by atoms with E-state index in [1.54, 1.807) is 9.42 Å². The Morgan fingerprint density at radius 3 is 2.67 bits per heavy atom. The van der Waals surface area contributed by atoms with E-state index < -0.39 is 17.5 Å². The minimum Gasteiger partial charge on any atom is -0.391 e. The van der Waals surface area contributed by atoms with Crippen LogP contribution in [0.15, 0.2) is 24.4 Å². The Morgan fingerprint density at radius 2 is 1.91 bits per heavy atom. The Hall–Kier alpha value is -3.07. The average molecular weight is 456 g/mol. The van der Waals surface area contributed by atoms with Crippen molar-refractivity contribution in [2.24, 2.45) is 0 Å². The first kappa shape index (κ1) is 21.8. The summed E-state index contributed by atoms with van der Waals surface area (Å²) in [6, 6.07) is 4.30. The van der Waals surface area contributed by atoms with Crippen molar-refractivity contribution in [1.29, 1.82) is 0 Å². The number of anilines is 1. The third-order valence-corrected chi connectivity index (χ3v) is 6.70. The molecule has 33 heavy (non-hydrogen) atoms. The van der Waals surface area contributed by atoms with Crippen LogP contribution in [0.5, 0.6) is 0 Å². The van der Waals surface area contributed by atoms with Gasteiger partial charge in [-0.05, 0) is 51.2 Å². The second-order valence-electron chi connectivity index (χ2n) is 9.08. The van der Waals surface area contributed by atoms with E-state index in [2.05, 4.69) is 10.00 Å². The van der Waals surface area contributed by atoms with E-state index in [-0.39, 0.29) is 23.3 Å². The molecule has 0 bridgehead atoms. The predicted molar refractivity (Wildman–Crippen MR) is 119 cm³/mol. The Kier molecular flexibility index (Phi) is 5.52. The Balaban J connectivity index is 1.48. The fourth-order valence-electron chi connectivity index (χ4n) is 4.88. The van der Waals surface area contributed by atoms with Gasteiger partial charge in [0.05, 0.1) is 23.4 Å². The number of likely N-dealkylation sites (tertiary alicyclic amines) is 1. The summed E-state index contributed by atoms with van der Waals surface area (Å²) in [6.07, 6.45) is 4.66. The normalized spacial score (nSPS) is 21.2. The van der Waals surface area contributed by atoms with Gasteiger partial charge in [-0.2, -0.15) is 5.10 Å². The number of rotatable bonds is 3. The number of halogens is 2. The molecule has 2 aromatic heterocycles. The second-order valence-corrected chi connectivity index (χ2v) is 9.08. The van der Waals surface area contributed by atoms with E-state index in [0.717, 1.165) is 30.8 Å². The molecule has 2 fully saturated rings. The van der Waals surface area contributed by atoms with E-state index in [1.165, 1.54) is 19.1 Å². The lowest BCUT2D eigenvalue weighted by Gasteiger charge is -2.34. The van der Waals surface area contributed by atoms with Gasteiger partial charge < -0.3 is 14.9 Å². The Morgan fingerprint density at radius 1 is 1.09 bits per heavy atom. The van der Waals surface area contributed by atoms with Crippen LogP contribution in [0, 0.1) is 25.5 Å². The molecule has 174 valence electrons. The molecule has 2 saturated heterocycles. The van der Waals surface area contributed by atoms with Crippen LogP contribution >= 0.6 is 0 Å². The maximum absolute atomic E-state index is 14.6. The number of benzene rings is 1. The van der Waals surface area contributed by atoms with Gasteiger partial charge in [-0.25, -0.2) is 18.3 Å². The van der Waals surface area contributed by atoms with E-state index in [9.17, 15) is 18.7 Å². The minimum atomic E-state index is -1.10. The molecule has 1 unspecified atom stereocenters. The zero-order chi connectivity index (χ0) is 23.3. The van der Waals surface area contributed by atoms with Gasteiger partial charge in [0.15, 0.2) is 17.3 Å². The number of hydrogen-bond donors (Lipinski definition) is 1. The molecule has 7 nitrogen and oxygen atoms in total. The number of hydrogen-bond acceptors (Lipinski definition) is 5. The second kappa shape index (κ2) is 8.37. The molecule has 2 atom stereocenters. The van der Waals surface area contributed by atoms with Gasteiger partial charge in [0.1, 0.15) is 5.82 Å². The van der Waals surface area contributed by atoms with Crippen LogP contribution in [0.25, 0.3) is 5.65 Å². The molecule has 0 spiro atoms. The lowest BCUT2D eigenvalue weighted by atomic mass is 9.98. The first-order valence-electron chi connectivity index (χ1n) is 11.4. The van der Waals surface area contributed by atoms with E-state index in [1.807, 2.05) is 19.2 Å². The van der Waals surface area contributed by atoms with Crippen LogP contribution in [0.3, 0.4) is 0 Å². The quantitative estimate of drug-likeness (QED) is 0.654. The number of amides is 1. The van der Waals surface area contributed by atoms with Crippen molar-refractivity contribution in [3.05, 3.63) is 58.4 Å². The molecular formula is C24H27F2N5O2. The largest absolute Gasteiger partial charge is 0.391 e. The van der Waals surface area contributed by atoms with Crippen molar-refractivity contribution >= 4 is 17.4 Å². The summed E-state index contributed by atoms with van der Waals surface area (Å²) in [5.74, 6) is -1.79. The van der Waals surface area contributed by atoms with Crippen LogP contribution in [0.1, 0.15) is 58.9 Å². The SMILES string of the molecule is Cc1cn2nc(C3CCCCN3C(=O)c3ccc(C)c(F)c3F)cc2nc1N1CC[C@@H](O)C1. The number of β-amino-alcohol motifs (C(OH)–C–C–N with tert-alkyl or cyclic N) is 1. The predicted octanol–water partition coefficient (Wildman–Crippen LogP) is 3.56. The number of aliphatic hydroxyl groups excluding tert-OH is 1. The zero-order valence-electron chi connectivity index (χ0n) is 18.8. The van der Waals surface area contributed by atoms with Gasteiger partial charge >= 0.3 is 0 Å². The van der Waals surface area contributed by atoms with Gasteiger partial charge in [0.25, 0.3) is 5.91 Å². The van der Waals surface area contributed by atoms with Gasteiger partial charge in [-0.3, -0.25) is 4.79 Å². The van der Waals surface area contributed by atoms with Crippen molar-refractivity contribution in [2.45, 2.75) is 51.7 Å². The molecule has 1 amide bonds. The maximum Gasteiger partial charge on any atom is 0.257 e. The summed E-state index contributed by atoms with van der Waals surface area (Å²) in [7, 11) is 0. The van der Waals surface area contributed by atoms with Gasteiger partial charge in [0, 0.05) is 37.5 Å². The lowest BCUT2D eigenvalue weighted by Crippen LogP contribution is -2.39. The van der Waals surface area contributed by atoms with E-state index in [4.69, 9.17) is 4.98 Å². The van der Waals surface area contributed by atoms with Crippen molar-refractivity contribution in [2.75, 3.05) is 24.5 Å². The molecule has 2 aliphatic heterocycles. The van der Waals surface area contributed by atoms with Crippen LogP contribution in [-0.2, 0) is 0 Å². The van der Waals surface area contributed by atoms with Gasteiger partial charge in [0.2, 0.25) is 0 Å². The Bertz CT molecular complexity index is 1230. The van der Waals surface area contributed by atoms with Crippen LogP contribution < -0.4 is 4.90 Å². The Labute approximate surface area is 190 Å². The smallest absolute Gasteiger partial charge is 0.257 e. The number of piperidine rings is 1. The summed E-state index contributed by atoms with van der Waals surface area (Å²) >= 11 is 0. The van der Waals surface area contributed by atoms with Crippen LogP contribution in [-0.4, -0.2) is 56.2 Å². The molecule has 1 aromatic carbocycles. The first-order valence-corrected chi connectivity index (χ1v) is 11.4. The molecule has 0 aliphatic carbocycles. The van der Waals surface area contributed by atoms with Gasteiger partial charge in [-0.1, -0.05) is 6.07 Å². The fraction of sp³-hybridized carbons (Fsp3) is 0.458. The first-order chi connectivity index (χ1) is 15.8. The number of nitrogens with zero attached hydrogens (tertiary/aromatic N) is 5. The van der Waals surface area contributed by atoms with Crippen molar-refractivity contribution < 1.29 is 18.7 Å². The van der Waals surface area contributed by atoms with E-state index in [0.29, 0.717) is 37.3 Å². The average Bonchev–Trinajstić information content (AvgIpc) is 3.42. The molecule has 0 radical (unpaired) electrons. The molecule has 1 N–H and O–H groups in total. The highest BCUT2D eigenvalue weighted by atomic mass is 19.2. The highest BCUT2D eigenvalue weighted by Gasteiger charge is 2.33. The highest BCUT2D eigenvalue weighted by molar-refractivity contribution is 5.95.